The molecule has 0 bridgehead atoms. The van der Waals surface area contributed by atoms with E-state index in [9.17, 15) is 9.59 Å². The van der Waals surface area contributed by atoms with Gasteiger partial charge < -0.3 is 19.9 Å². The van der Waals surface area contributed by atoms with Gasteiger partial charge in [0, 0.05) is 39.3 Å². The number of ether oxygens (including phenoxy) is 1. The molecule has 1 aromatic heterocycles. The molecule has 0 aliphatic carbocycles. The molecule has 0 atom stereocenters. The maximum absolute atomic E-state index is 12.7. The molecule has 0 saturated carbocycles. The van der Waals surface area contributed by atoms with Crippen LogP contribution in [0.4, 0.5) is 0 Å². The lowest BCUT2D eigenvalue weighted by molar-refractivity contribution is 0.0383. The summed E-state index contributed by atoms with van der Waals surface area (Å²) in [6.45, 7) is 8.15. The molecule has 2 amide bonds. The van der Waals surface area contributed by atoms with Crippen LogP contribution in [-0.2, 0) is 17.7 Å². The molecule has 1 fully saturated rings. The van der Waals surface area contributed by atoms with Crippen LogP contribution in [0, 0.1) is 0 Å². The number of rotatable bonds is 8. The fourth-order valence-corrected chi connectivity index (χ4v) is 3.59. The molecule has 0 unspecified atom stereocenters. The summed E-state index contributed by atoms with van der Waals surface area (Å²) >= 11 is 0. The normalized spacial score (nSPS) is 17.4. The molecule has 2 aliphatic heterocycles. The average molecular weight is 377 g/mol. The van der Waals surface area contributed by atoms with Gasteiger partial charge in [-0.25, -0.2) is 4.98 Å². The molecule has 150 valence electrons. The van der Waals surface area contributed by atoms with Crippen LogP contribution in [0.5, 0.6) is 0 Å². The van der Waals surface area contributed by atoms with Gasteiger partial charge in [-0.1, -0.05) is 13.3 Å². The summed E-state index contributed by atoms with van der Waals surface area (Å²) in [5.41, 5.74) is 1.31. The Kier molecular flexibility index (Phi) is 7.23. The van der Waals surface area contributed by atoms with Gasteiger partial charge in [0.05, 0.1) is 18.9 Å². The summed E-state index contributed by atoms with van der Waals surface area (Å²) in [6, 6.07) is 0. The lowest BCUT2D eigenvalue weighted by Crippen LogP contribution is -2.41. The molecule has 1 saturated heterocycles. The van der Waals surface area contributed by atoms with Crippen LogP contribution >= 0.6 is 0 Å². The van der Waals surface area contributed by atoms with Crippen molar-refractivity contribution < 1.29 is 14.3 Å². The molecule has 0 radical (unpaired) electrons. The average Bonchev–Trinajstić information content (AvgIpc) is 3.09. The predicted octanol–water partition coefficient (Wildman–Crippen LogP) is 0.811. The SMILES string of the molecule is CCCCNC(=O)c1nc(C(=O)NCCN2CCOCC2)c2n1CCCC2. The number of morpholine rings is 1. The Morgan fingerprint density at radius 1 is 1.07 bits per heavy atom. The molecule has 2 aliphatic rings. The van der Waals surface area contributed by atoms with Gasteiger partial charge in [0.1, 0.15) is 5.69 Å². The van der Waals surface area contributed by atoms with Crippen molar-refractivity contribution in [3.63, 3.8) is 0 Å². The minimum Gasteiger partial charge on any atom is -0.379 e. The highest BCUT2D eigenvalue weighted by Crippen LogP contribution is 2.21. The first-order chi connectivity index (χ1) is 13.2. The summed E-state index contributed by atoms with van der Waals surface area (Å²) in [5.74, 6) is 0.0135. The number of hydrogen-bond acceptors (Lipinski definition) is 5. The second-order valence-corrected chi connectivity index (χ2v) is 7.16. The zero-order chi connectivity index (χ0) is 19.1. The summed E-state index contributed by atoms with van der Waals surface area (Å²) < 4.78 is 7.27. The third kappa shape index (κ3) is 5.07. The number of amides is 2. The van der Waals surface area contributed by atoms with Gasteiger partial charge in [0.25, 0.3) is 11.8 Å². The number of nitrogens with one attached hydrogen (secondary N) is 2. The van der Waals surface area contributed by atoms with Gasteiger partial charge in [0.15, 0.2) is 5.82 Å². The molecule has 0 spiro atoms. The lowest BCUT2D eigenvalue weighted by atomic mass is 10.1. The molecular weight excluding hydrogens is 346 g/mol. The standard InChI is InChI=1S/C19H31N5O3/c1-2-3-7-20-19(26)17-22-16(15-6-4-5-9-24(15)17)18(25)21-8-10-23-11-13-27-14-12-23/h2-14H2,1H3,(H,20,26)(H,21,25). The second kappa shape index (κ2) is 9.85. The Labute approximate surface area is 160 Å². The molecule has 3 heterocycles. The van der Waals surface area contributed by atoms with Gasteiger partial charge in [-0.2, -0.15) is 0 Å². The van der Waals surface area contributed by atoms with Crippen LogP contribution in [0.25, 0.3) is 0 Å². The molecular formula is C19H31N5O3. The predicted molar refractivity (Wildman–Crippen MR) is 102 cm³/mol. The summed E-state index contributed by atoms with van der Waals surface area (Å²) in [5, 5.41) is 5.89. The van der Waals surface area contributed by atoms with Crippen molar-refractivity contribution in [2.24, 2.45) is 0 Å². The molecule has 1 aromatic rings. The van der Waals surface area contributed by atoms with E-state index in [1.807, 2.05) is 4.57 Å². The summed E-state index contributed by atoms with van der Waals surface area (Å²) in [4.78, 5) is 31.9. The Bertz CT molecular complexity index is 652. The fraction of sp³-hybridized carbons (Fsp3) is 0.737. The van der Waals surface area contributed by atoms with Crippen LogP contribution in [0.15, 0.2) is 0 Å². The highest BCUT2D eigenvalue weighted by molar-refractivity contribution is 5.97. The maximum Gasteiger partial charge on any atom is 0.287 e. The van der Waals surface area contributed by atoms with Crippen molar-refractivity contribution in [2.75, 3.05) is 45.9 Å². The van der Waals surface area contributed by atoms with Crippen LogP contribution in [-0.4, -0.2) is 72.2 Å². The number of fused-ring (bicyclic) bond motifs is 1. The largest absolute Gasteiger partial charge is 0.379 e. The highest BCUT2D eigenvalue weighted by atomic mass is 16.5. The van der Waals surface area contributed by atoms with Crippen molar-refractivity contribution in [3.8, 4) is 0 Å². The van der Waals surface area contributed by atoms with E-state index in [-0.39, 0.29) is 11.8 Å². The Morgan fingerprint density at radius 3 is 2.63 bits per heavy atom. The number of aromatic nitrogens is 2. The van der Waals surface area contributed by atoms with Crippen LogP contribution < -0.4 is 10.6 Å². The van der Waals surface area contributed by atoms with E-state index in [2.05, 4.69) is 27.4 Å². The van der Waals surface area contributed by atoms with Gasteiger partial charge in [-0.15, -0.1) is 0 Å². The quantitative estimate of drug-likeness (QED) is 0.655. The first-order valence-corrected chi connectivity index (χ1v) is 10.2. The zero-order valence-corrected chi connectivity index (χ0v) is 16.3. The molecule has 3 rings (SSSR count). The van der Waals surface area contributed by atoms with Gasteiger partial charge >= 0.3 is 0 Å². The Balaban J connectivity index is 1.63. The van der Waals surface area contributed by atoms with E-state index in [0.717, 1.165) is 77.2 Å². The first kappa shape index (κ1) is 19.8. The van der Waals surface area contributed by atoms with Gasteiger partial charge in [-0.3, -0.25) is 14.5 Å². The molecule has 2 N–H and O–H groups in total. The van der Waals surface area contributed by atoms with Crippen molar-refractivity contribution in [1.29, 1.82) is 0 Å². The monoisotopic (exact) mass is 377 g/mol. The zero-order valence-electron chi connectivity index (χ0n) is 16.3. The number of imidazole rings is 1. The topological polar surface area (TPSA) is 88.5 Å². The summed E-state index contributed by atoms with van der Waals surface area (Å²) in [7, 11) is 0. The minimum atomic E-state index is -0.182. The van der Waals surface area contributed by atoms with Crippen LogP contribution in [0.1, 0.15) is 59.4 Å². The number of nitrogens with zero attached hydrogens (tertiary/aromatic N) is 3. The van der Waals surface area contributed by atoms with Gasteiger partial charge in [-0.05, 0) is 25.7 Å². The number of carbonyl (C=O) groups is 2. The number of carbonyl (C=O) groups excluding carboxylic acids is 2. The van der Waals surface area contributed by atoms with Crippen molar-refractivity contribution in [3.05, 3.63) is 17.2 Å². The van der Waals surface area contributed by atoms with Gasteiger partial charge in [0.2, 0.25) is 0 Å². The lowest BCUT2D eigenvalue weighted by Gasteiger charge is -2.26. The number of hydrogen-bond donors (Lipinski definition) is 2. The first-order valence-electron chi connectivity index (χ1n) is 10.2. The van der Waals surface area contributed by atoms with E-state index in [1.54, 1.807) is 0 Å². The third-order valence-electron chi connectivity index (χ3n) is 5.17. The molecule has 8 heteroatoms. The Hall–Kier alpha value is -1.93. The Morgan fingerprint density at radius 2 is 1.85 bits per heavy atom. The number of unbranched alkanes of at least 4 members (excludes halogenated alkanes) is 1. The highest BCUT2D eigenvalue weighted by Gasteiger charge is 2.27. The van der Waals surface area contributed by atoms with E-state index in [4.69, 9.17) is 4.74 Å². The summed E-state index contributed by atoms with van der Waals surface area (Å²) in [6.07, 6.45) is 4.79. The molecule has 27 heavy (non-hydrogen) atoms. The third-order valence-corrected chi connectivity index (χ3v) is 5.17. The van der Waals surface area contributed by atoms with Crippen molar-refractivity contribution in [1.82, 2.24) is 25.1 Å². The van der Waals surface area contributed by atoms with Crippen LogP contribution in [0.3, 0.4) is 0 Å². The second-order valence-electron chi connectivity index (χ2n) is 7.16. The van der Waals surface area contributed by atoms with E-state index in [1.165, 1.54) is 0 Å². The smallest absolute Gasteiger partial charge is 0.287 e. The van der Waals surface area contributed by atoms with Crippen LogP contribution in [0.2, 0.25) is 0 Å². The molecule has 8 nitrogen and oxygen atoms in total. The maximum atomic E-state index is 12.7. The fourth-order valence-electron chi connectivity index (χ4n) is 3.59. The van der Waals surface area contributed by atoms with Crippen molar-refractivity contribution in [2.45, 2.75) is 45.6 Å². The van der Waals surface area contributed by atoms with E-state index in [0.29, 0.717) is 24.6 Å². The van der Waals surface area contributed by atoms with E-state index >= 15 is 0 Å². The van der Waals surface area contributed by atoms with E-state index < -0.39 is 0 Å². The minimum absolute atomic E-state index is 0.179. The van der Waals surface area contributed by atoms with Crippen molar-refractivity contribution >= 4 is 11.8 Å². The molecule has 0 aromatic carbocycles.